The molecule has 0 bridgehead atoms. The van der Waals surface area contributed by atoms with Gasteiger partial charge in [0.05, 0.1) is 6.61 Å². The van der Waals surface area contributed by atoms with Gasteiger partial charge in [-0.1, -0.05) is 55.8 Å². The fraction of sp³-hybridized carbons (Fsp3) is 0.280. The first-order valence-corrected chi connectivity index (χ1v) is 10.8. The quantitative estimate of drug-likeness (QED) is 0.347. The normalized spacial score (nSPS) is 17.8. The number of esters is 1. The van der Waals surface area contributed by atoms with Crippen molar-refractivity contribution < 1.29 is 23.9 Å². The second-order valence-electron chi connectivity index (χ2n) is 7.60. The highest BCUT2D eigenvalue weighted by Crippen LogP contribution is 2.33. The van der Waals surface area contributed by atoms with Crippen LogP contribution in [0.2, 0.25) is 0 Å². The number of ether oxygens (including phenoxy) is 1. The number of nitrogens with zero attached hydrogens (tertiary/aromatic N) is 1. The Hall–Kier alpha value is -3.94. The summed E-state index contributed by atoms with van der Waals surface area (Å²) in [5, 5.41) is 5.50. The van der Waals surface area contributed by atoms with Gasteiger partial charge in [-0.2, -0.15) is 0 Å². The van der Waals surface area contributed by atoms with Crippen molar-refractivity contribution in [2.45, 2.75) is 32.2 Å². The molecule has 1 heterocycles. The molecule has 2 N–H and O–H groups in total. The van der Waals surface area contributed by atoms with Crippen LogP contribution in [-0.4, -0.2) is 41.9 Å². The fourth-order valence-electron chi connectivity index (χ4n) is 3.75. The molecule has 3 rings (SSSR count). The minimum Gasteiger partial charge on any atom is -0.463 e. The fourth-order valence-corrected chi connectivity index (χ4v) is 3.75. The molecule has 4 amide bonds. The van der Waals surface area contributed by atoms with Crippen molar-refractivity contribution in [1.29, 1.82) is 0 Å². The molecule has 0 spiro atoms. The van der Waals surface area contributed by atoms with Gasteiger partial charge in [0.15, 0.2) is 0 Å². The first-order chi connectivity index (χ1) is 15.9. The lowest BCUT2D eigenvalue weighted by molar-refractivity contribution is -0.137. The van der Waals surface area contributed by atoms with Crippen molar-refractivity contribution in [3.05, 3.63) is 71.8 Å². The van der Waals surface area contributed by atoms with E-state index in [0.29, 0.717) is 30.7 Å². The molecule has 2 aromatic rings. The zero-order valence-electron chi connectivity index (χ0n) is 18.7. The highest BCUT2D eigenvalue weighted by molar-refractivity contribution is 6.10. The molecule has 1 unspecified atom stereocenters. The first-order valence-electron chi connectivity index (χ1n) is 10.8. The Bertz CT molecular complexity index is 1050. The van der Waals surface area contributed by atoms with E-state index in [-0.39, 0.29) is 0 Å². The summed E-state index contributed by atoms with van der Waals surface area (Å²) in [5.74, 6) is -1.36. The molecule has 1 aliphatic rings. The van der Waals surface area contributed by atoms with Crippen molar-refractivity contribution in [2.75, 3.05) is 18.5 Å². The molecule has 33 heavy (non-hydrogen) atoms. The Morgan fingerprint density at radius 2 is 1.76 bits per heavy atom. The van der Waals surface area contributed by atoms with Crippen molar-refractivity contribution in [3.8, 4) is 0 Å². The number of rotatable bonds is 9. The van der Waals surface area contributed by atoms with Crippen molar-refractivity contribution in [1.82, 2.24) is 10.2 Å². The summed E-state index contributed by atoms with van der Waals surface area (Å²) in [7, 11) is 0. The van der Waals surface area contributed by atoms with Crippen LogP contribution in [-0.2, 0) is 24.7 Å². The maximum Gasteiger partial charge on any atom is 0.330 e. The topological polar surface area (TPSA) is 105 Å². The van der Waals surface area contributed by atoms with E-state index in [2.05, 4.69) is 10.6 Å². The molecule has 1 atom stereocenters. The van der Waals surface area contributed by atoms with Gasteiger partial charge in [-0.25, -0.2) is 9.59 Å². The number of benzene rings is 2. The van der Waals surface area contributed by atoms with Gasteiger partial charge < -0.3 is 15.4 Å². The highest BCUT2D eigenvalue weighted by Gasteiger charge is 2.52. The van der Waals surface area contributed by atoms with E-state index in [1.807, 2.05) is 25.1 Å². The number of carbonyl (C=O) groups is 4. The van der Waals surface area contributed by atoms with Gasteiger partial charge in [-0.15, -0.1) is 0 Å². The summed E-state index contributed by atoms with van der Waals surface area (Å²) in [6.45, 7) is 3.57. The summed E-state index contributed by atoms with van der Waals surface area (Å²) in [6, 6.07) is 15.3. The van der Waals surface area contributed by atoms with Gasteiger partial charge in [0.1, 0.15) is 12.1 Å². The van der Waals surface area contributed by atoms with Crippen LogP contribution in [0.25, 0.3) is 6.08 Å². The second-order valence-corrected chi connectivity index (χ2v) is 7.60. The third-order valence-corrected chi connectivity index (χ3v) is 5.26. The van der Waals surface area contributed by atoms with Crippen LogP contribution in [0.3, 0.4) is 0 Å². The number of hydrogen-bond acceptors (Lipinski definition) is 5. The number of amides is 4. The molecule has 0 aromatic heterocycles. The van der Waals surface area contributed by atoms with Crippen LogP contribution < -0.4 is 10.6 Å². The number of urea groups is 1. The van der Waals surface area contributed by atoms with E-state index in [1.165, 1.54) is 6.08 Å². The number of carbonyl (C=O) groups excluding carboxylic acids is 4. The Labute approximate surface area is 192 Å². The lowest BCUT2D eigenvalue weighted by Crippen LogP contribution is -2.44. The van der Waals surface area contributed by atoms with Gasteiger partial charge in [-0.3, -0.25) is 14.5 Å². The van der Waals surface area contributed by atoms with Crippen LogP contribution in [0.4, 0.5) is 10.5 Å². The predicted molar refractivity (Wildman–Crippen MR) is 124 cm³/mol. The van der Waals surface area contributed by atoms with Gasteiger partial charge in [0, 0.05) is 11.8 Å². The second kappa shape index (κ2) is 10.6. The Balaban J connectivity index is 1.66. The average Bonchev–Trinajstić information content (AvgIpc) is 3.04. The standard InChI is InChI=1S/C25H27N3O5/c1-3-16-25(19-8-6-5-7-9-19)23(31)28(24(32)27-25)17-21(29)26-20-13-10-18(11-14-20)12-15-22(30)33-4-2/h5-15H,3-4,16-17H2,1-2H3,(H,26,29)(H,27,32)/b15-12+. The van der Waals surface area contributed by atoms with E-state index in [4.69, 9.17) is 4.74 Å². The lowest BCUT2D eigenvalue weighted by Gasteiger charge is -2.26. The third kappa shape index (κ3) is 5.46. The summed E-state index contributed by atoms with van der Waals surface area (Å²) in [6.07, 6.45) is 4.04. The monoisotopic (exact) mass is 449 g/mol. The molecule has 2 aromatic carbocycles. The number of imide groups is 1. The SMILES string of the molecule is CCCC1(c2ccccc2)NC(=O)N(CC(=O)Nc2ccc(/C=C/C(=O)OCC)cc2)C1=O. The Morgan fingerprint density at radius 3 is 2.39 bits per heavy atom. The van der Waals surface area contributed by atoms with Crippen LogP contribution >= 0.6 is 0 Å². The van der Waals surface area contributed by atoms with Gasteiger partial charge in [0.25, 0.3) is 5.91 Å². The number of nitrogens with one attached hydrogen (secondary N) is 2. The summed E-state index contributed by atoms with van der Waals surface area (Å²) in [4.78, 5) is 50.8. The Kier molecular flexibility index (Phi) is 7.61. The molecule has 8 nitrogen and oxygen atoms in total. The van der Waals surface area contributed by atoms with E-state index in [9.17, 15) is 19.2 Å². The van der Waals surface area contributed by atoms with Crippen LogP contribution in [0.1, 0.15) is 37.8 Å². The Morgan fingerprint density at radius 1 is 1.06 bits per heavy atom. The molecule has 0 radical (unpaired) electrons. The van der Waals surface area contributed by atoms with Crippen molar-refractivity contribution in [3.63, 3.8) is 0 Å². The predicted octanol–water partition coefficient (Wildman–Crippen LogP) is 3.45. The van der Waals surface area contributed by atoms with Crippen LogP contribution in [0.5, 0.6) is 0 Å². The number of anilines is 1. The minimum absolute atomic E-state index is 0.302. The molecular formula is C25H27N3O5. The van der Waals surface area contributed by atoms with Gasteiger partial charge >= 0.3 is 12.0 Å². The van der Waals surface area contributed by atoms with Crippen LogP contribution in [0.15, 0.2) is 60.7 Å². The maximum absolute atomic E-state index is 13.3. The molecule has 0 saturated carbocycles. The largest absolute Gasteiger partial charge is 0.463 e. The smallest absolute Gasteiger partial charge is 0.330 e. The molecule has 1 saturated heterocycles. The average molecular weight is 450 g/mol. The summed E-state index contributed by atoms with van der Waals surface area (Å²) < 4.78 is 4.83. The van der Waals surface area contributed by atoms with Crippen LogP contribution in [0, 0.1) is 0 Å². The van der Waals surface area contributed by atoms with Crippen molar-refractivity contribution >= 4 is 35.6 Å². The van der Waals surface area contributed by atoms with E-state index >= 15 is 0 Å². The lowest BCUT2D eigenvalue weighted by atomic mass is 9.85. The first kappa shape index (κ1) is 23.7. The van der Waals surface area contributed by atoms with Gasteiger partial charge in [-0.05, 0) is 42.7 Å². The summed E-state index contributed by atoms with van der Waals surface area (Å²) >= 11 is 0. The van der Waals surface area contributed by atoms with Gasteiger partial charge in [0.2, 0.25) is 5.91 Å². The summed E-state index contributed by atoms with van der Waals surface area (Å²) in [5.41, 5.74) is 0.783. The number of hydrogen-bond donors (Lipinski definition) is 2. The van der Waals surface area contributed by atoms with E-state index in [0.717, 1.165) is 10.5 Å². The highest BCUT2D eigenvalue weighted by atomic mass is 16.5. The minimum atomic E-state index is -1.17. The zero-order valence-corrected chi connectivity index (χ0v) is 18.7. The van der Waals surface area contributed by atoms with E-state index in [1.54, 1.807) is 49.4 Å². The zero-order chi connectivity index (χ0) is 23.8. The van der Waals surface area contributed by atoms with E-state index < -0.39 is 35.9 Å². The molecule has 1 aliphatic heterocycles. The molecule has 0 aliphatic carbocycles. The third-order valence-electron chi connectivity index (χ3n) is 5.26. The molecule has 8 heteroatoms. The molecule has 1 fully saturated rings. The maximum atomic E-state index is 13.3. The van der Waals surface area contributed by atoms with Crippen molar-refractivity contribution in [2.24, 2.45) is 0 Å². The molecule has 172 valence electrons. The molecular weight excluding hydrogens is 422 g/mol.